The molecule has 1 unspecified atom stereocenters. The normalized spacial score (nSPS) is 12.5. The summed E-state index contributed by atoms with van der Waals surface area (Å²) in [5.41, 5.74) is 0.665. The average Bonchev–Trinajstić information content (AvgIpc) is 2.26. The number of hydrogen-bond acceptors (Lipinski definition) is 3. The maximum Gasteiger partial charge on any atom is 0.256 e. The van der Waals surface area contributed by atoms with E-state index in [1.807, 2.05) is 21.0 Å². The summed E-state index contributed by atoms with van der Waals surface area (Å²) in [6.45, 7) is 4.61. The van der Waals surface area contributed by atoms with Gasteiger partial charge in [-0.2, -0.15) is 0 Å². The standard InChI is InChI=1S/C13H21N3O2/c1-9(5-6-16(3)4)15-13(18)11-8-14-10(2)7-12(11)17/h7-9H,5-6H2,1-4H3,(H,14,17)(H,15,18). The molecule has 0 fully saturated rings. The van der Waals surface area contributed by atoms with Gasteiger partial charge in [-0.25, -0.2) is 0 Å². The van der Waals surface area contributed by atoms with Gasteiger partial charge in [-0.15, -0.1) is 0 Å². The monoisotopic (exact) mass is 251 g/mol. The number of aromatic amines is 1. The van der Waals surface area contributed by atoms with Gasteiger partial charge < -0.3 is 15.2 Å². The molecular weight excluding hydrogens is 230 g/mol. The van der Waals surface area contributed by atoms with Crippen molar-refractivity contribution in [2.24, 2.45) is 0 Å². The molecule has 0 saturated carbocycles. The number of amides is 1. The topological polar surface area (TPSA) is 65.2 Å². The molecule has 18 heavy (non-hydrogen) atoms. The molecule has 0 aliphatic heterocycles. The van der Waals surface area contributed by atoms with Crippen LogP contribution in [0, 0.1) is 6.92 Å². The van der Waals surface area contributed by atoms with Gasteiger partial charge in [0.2, 0.25) is 0 Å². The van der Waals surface area contributed by atoms with E-state index in [1.54, 1.807) is 6.92 Å². The van der Waals surface area contributed by atoms with Crippen molar-refractivity contribution in [2.45, 2.75) is 26.3 Å². The summed E-state index contributed by atoms with van der Waals surface area (Å²) in [6.07, 6.45) is 2.31. The lowest BCUT2D eigenvalue weighted by molar-refractivity contribution is 0.0935. The number of H-pyrrole nitrogens is 1. The highest BCUT2D eigenvalue weighted by atomic mass is 16.2. The zero-order chi connectivity index (χ0) is 13.7. The molecule has 1 aromatic heterocycles. The lowest BCUT2D eigenvalue weighted by Crippen LogP contribution is -2.37. The smallest absolute Gasteiger partial charge is 0.256 e. The third kappa shape index (κ3) is 4.33. The first-order valence-electron chi connectivity index (χ1n) is 6.05. The fourth-order valence-electron chi connectivity index (χ4n) is 1.58. The number of nitrogens with one attached hydrogen (secondary N) is 2. The number of carbonyl (C=O) groups excluding carboxylic acids is 1. The van der Waals surface area contributed by atoms with Crippen LogP contribution >= 0.6 is 0 Å². The molecule has 5 heteroatoms. The van der Waals surface area contributed by atoms with Crippen LogP contribution in [0.5, 0.6) is 0 Å². The van der Waals surface area contributed by atoms with Gasteiger partial charge in [0.1, 0.15) is 5.56 Å². The van der Waals surface area contributed by atoms with Crippen LogP contribution in [0.4, 0.5) is 0 Å². The van der Waals surface area contributed by atoms with Crippen LogP contribution in [0.1, 0.15) is 29.4 Å². The zero-order valence-electron chi connectivity index (χ0n) is 11.4. The minimum absolute atomic E-state index is 0.0422. The molecule has 0 aliphatic carbocycles. The molecule has 1 atom stereocenters. The molecule has 0 saturated heterocycles. The van der Waals surface area contributed by atoms with E-state index in [9.17, 15) is 9.59 Å². The van der Waals surface area contributed by atoms with E-state index in [1.165, 1.54) is 12.3 Å². The Bertz CT molecular complexity index is 466. The summed E-state index contributed by atoms with van der Waals surface area (Å²) in [4.78, 5) is 28.5. The number of carbonyl (C=O) groups is 1. The fourth-order valence-corrected chi connectivity index (χ4v) is 1.58. The minimum Gasteiger partial charge on any atom is -0.364 e. The van der Waals surface area contributed by atoms with Gasteiger partial charge in [0.05, 0.1) is 0 Å². The van der Waals surface area contributed by atoms with Gasteiger partial charge in [0, 0.05) is 24.0 Å². The molecule has 5 nitrogen and oxygen atoms in total. The van der Waals surface area contributed by atoms with Gasteiger partial charge in [0.25, 0.3) is 5.91 Å². The molecule has 2 N–H and O–H groups in total. The van der Waals surface area contributed by atoms with E-state index in [0.29, 0.717) is 0 Å². The minimum atomic E-state index is -0.317. The second-order valence-corrected chi connectivity index (χ2v) is 4.86. The highest BCUT2D eigenvalue weighted by molar-refractivity contribution is 5.93. The van der Waals surface area contributed by atoms with Gasteiger partial charge in [-0.05, 0) is 40.9 Å². The van der Waals surface area contributed by atoms with Gasteiger partial charge in [0.15, 0.2) is 5.43 Å². The summed E-state index contributed by atoms with van der Waals surface area (Å²) in [5.74, 6) is -0.317. The maximum atomic E-state index is 11.9. The second-order valence-electron chi connectivity index (χ2n) is 4.86. The first-order valence-corrected chi connectivity index (χ1v) is 6.05. The molecule has 0 bridgehead atoms. The Balaban J connectivity index is 2.62. The Morgan fingerprint density at radius 3 is 2.72 bits per heavy atom. The Hall–Kier alpha value is -1.62. The maximum absolute atomic E-state index is 11.9. The Labute approximate surface area is 107 Å². The number of hydrogen-bond donors (Lipinski definition) is 2. The van der Waals surface area contributed by atoms with Crippen LogP contribution in [0.15, 0.2) is 17.1 Å². The lowest BCUT2D eigenvalue weighted by atomic mass is 10.2. The van der Waals surface area contributed by atoms with Crippen LogP contribution in [0.2, 0.25) is 0 Å². The predicted octanol–water partition coefficient (Wildman–Crippen LogP) is 0.753. The highest BCUT2D eigenvalue weighted by Crippen LogP contribution is 1.96. The fraction of sp³-hybridized carbons (Fsp3) is 0.538. The largest absolute Gasteiger partial charge is 0.364 e. The molecule has 0 aliphatic rings. The second kappa shape index (κ2) is 6.35. The first-order chi connectivity index (χ1) is 8.40. The quantitative estimate of drug-likeness (QED) is 0.811. The Kier molecular flexibility index (Phi) is 5.09. The molecule has 1 rings (SSSR count). The van der Waals surface area contributed by atoms with E-state index in [-0.39, 0.29) is 22.9 Å². The van der Waals surface area contributed by atoms with Crippen molar-refractivity contribution in [1.82, 2.24) is 15.2 Å². The lowest BCUT2D eigenvalue weighted by Gasteiger charge is -2.16. The van der Waals surface area contributed by atoms with Crippen molar-refractivity contribution >= 4 is 5.91 Å². The van der Waals surface area contributed by atoms with Crippen LogP contribution < -0.4 is 10.7 Å². The molecule has 0 spiro atoms. The third-order valence-corrected chi connectivity index (χ3v) is 2.69. The molecule has 1 aromatic rings. The summed E-state index contributed by atoms with van der Waals surface area (Å²) < 4.78 is 0. The summed E-state index contributed by atoms with van der Waals surface area (Å²) in [6, 6.07) is 1.47. The van der Waals surface area contributed by atoms with Crippen molar-refractivity contribution in [2.75, 3.05) is 20.6 Å². The van der Waals surface area contributed by atoms with Crippen molar-refractivity contribution in [3.8, 4) is 0 Å². The molecular formula is C13H21N3O2. The number of rotatable bonds is 5. The van der Waals surface area contributed by atoms with E-state index >= 15 is 0 Å². The SMILES string of the molecule is Cc1cc(=O)c(C(=O)NC(C)CCN(C)C)c[nH]1. The number of pyridine rings is 1. The van der Waals surface area contributed by atoms with Crippen LogP contribution in [-0.2, 0) is 0 Å². The first kappa shape index (κ1) is 14.4. The Morgan fingerprint density at radius 1 is 1.50 bits per heavy atom. The predicted molar refractivity (Wildman–Crippen MR) is 71.9 cm³/mol. The zero-order valence-corrected chi connectivity index (χ0v) is 11.4. The van der Waals surface area contributed by atoms with Crippen molar-refractivity contribution in [3.05, 3.63) is 33.7 Å². The molecule has 100 valence electrons. The number of nitrogens with zero attached hydrogens (tertiary/aromatic N) is 1. The summed E-state index contributed by atoms with van der Waals surface area (Å²) in [5, 5.41) is 2.83. The van der Waals surface area contributed by atoms with Crippen molar-refractivity contribution in [3.63, 3.8) is 0 Å². The van der Waals surface area contributed by atoms with Crippen LogP contribution in [0.3, 0.4) is 0 Å². The Morgan fingerprint density at radius 2 is 2.17 bits per heavy atom. The van der Waals surface area contributed by atoms with Gasteiger partial charge >= 0.3 is 0 Å². The average molecular weight is 251 g/mol. The number of aromatic nitrogens is 1. The van der Waals surface area contributed by atoms with Gasteiger partial charge in [-0.1, -0.05) is 0 Å². The molecule has 0 aromatic carbocycles. The van der Waals surface area contributed by atoms with E-state index in [0.717, 1.165) is 18.7 Å². The van der Waals surface area contributed by atoms with E-state index in [2.05, 4.69) is 15.2 Å². The molecule has 1 heterocycles. The third-order valence-electron chi connectivity index (χ3n) is 2.69. The van der Waals surface area contributed by atoms with Crippen LogP contribution in [0.25, 0.3) is 0 Å². The highest BCUT2D eigenvalue weighted by Gasteiger charge is 2.13. The van der Waals surface area contributed by atoms with Crippen LogP contribution in [-0.4, -0.2) is 42.5 Å². The van der Waals surface area contributed by atoms with E-state index in [4.69, 9.17) is 0 Å². The van der Waals surface area contributed by atoms with E-state index < -0.39 is 0 Å². The molecule has 1 amide bonds. The summed E-state index contributed by atoms with van der Waals surface area (Å²) in [7, 11) is 3.97. The summed E-state index contributed by atoms with van der Waals surface area (Å²) >= 11 is 0. The molecule has 0 radical (unpaired) electrons. The van der Waals surface area contributed by atoms with Crippen molar-refractivity contribution in [1.29, 1.82) is 0 Å². The van der Waals surface area contributed by atoms with Crippen molar-refractivity contribution < 1.29 is 4.79 Å². The number of aryl methyl sites for hydroxylation is 1. The van der Waals surface area contributed by atoms with Gasteiger partial charge in [-0.3, -0.25) is 9.59 Å².